The summed E-state index contributed by atoms with van der Waals surface area (Å²) in [5, 5.41) is 24.4. The first-order valence-electron chi connectivity index (χ1n) is 8.02. The first-order valence-corrected chi connectivity index (χ1v) is 8.02. The summed E-state index contributed by atoms with van der Waals surface area (Å²) in [5.74, 6) is -4.85. The molecule has 148 valence electrons. The summed E-state index contributed by atoms with van der Waals surface area (Å²) in [6.45, 7) is 4.69. The fourth-order valence-corrected chi connectivity index (χ4v) is 2.01. The molecule has 0 aliphatic rings. The second kappa shape index (κ2) is 11.0. The van der Waals surface area contributed by atoms with E-state index < -0.39 is 54.2 Å². The Morgan fingerprint density at radius 3 is 1.88 bits per heavy atom. The Hall–Kier alpha value is -2.69. The van der Waals surface area contributed by atoms with Crippen LogP contribution in [0.4, 0.5) is 0 Å². The lowest BCUT2D eigenvalue weighted by atomic mass is 10.0. The highest BCUT2D eigenvalue weighted by Gasteiger charge is 2.28. The van der Waals surface area contributed by atoms with E-state index in [4.69, 9.17) is 15.9 Å². The molecular weight excluding hydrogens is 348 g/mol. The summed E-state index contributed by atoms with van der Waals surface area (Å²) in [6, 6.07) is -3.67. The lowest BCUT2D eigenvalue weighted by Gasteiger charge is -2.23. The van der Waals surface area contributed by atoms with Crippen LogP contribution in [0.5, 0.6) is 0 Å². The summed E-state index contributed by atoms with van der Waals surface area (Å²) in [6.07, 6.45) is -0.493. The molecule has 0 saturated heterocycles. The van der Waals surface area contributed by atoms with Crippen LogP contribution in [0.2, 0.25) is 0 Å². The molecule has 0 aliphatic heterocycles. The minimum atomic E-state index is -1.62. The molecule has 0 aromatic heterocycles. The van der Waals surface area contributed by atoms with Crippen LogP contribution in [-0.2, 0) is 24.0 Å². The number of carbonyl (C=O) groups excluding carboxylic acids is 3. The Morgan fingerprint density at radius 2 is 1.46 bits per heavy atom. The SMILES string of the molecule is CC(C)CC(NC(=O)CN)C(=O)NC(C)C(=O)NC(CC(=O)O)C(=O)O. The molecule has 0 bridgehead atoms. The molecule has 0 radical (unpaired) electrons. The van der Waals surface area contributed by atoms with Gasteiger partial charge in [0, 0.05) is 0 Å². The quantitative estimate of drug-likeness (QED) is 0.240. The molecule has 0 aliphatic carbocycles. The van der Waals surface area contributed by atoms with Crippen molar-refractivity contribution in [1.29, 1.82) is 0 Å². The van der Waals surface area contributed by atoms with Crippen molar-refractivity contribution < 1.29 is 34.2 Å². The minimum Gasteiger partial charge on any atom is -0.481 e. The summed E-state index contributed by atoms with van der Waals surface area (Å²) in [7, 11) is 0. The molecule has 11 heteroatoms. The Bertz CT molecular complexity index is 550. The molecular formula is C15H26N4O7. The van der Waals surface area contributed by atoms with E-state index in [-0.39, 0.29) is 12.5 Å². The number of hydrogen-bond acceptors (Lipinski definition) is 6. The second-order valence-corrected chi connectivity index (χ2v) is 6.18. The molecule has 0 fully saturated rings. The second-order valence-electron chi connectivity index (χ2n) is 6.18. The topological polar surface area (TPSA) is 188 Å². The molecule has 3 amide bonds. The van der Waals surface area contributed by atoms with Gasteiger partial charge in [-0.2, -0.15) is 0 Å². The van der Waals surface area contributed by atoms with Crippen molar-refractivity contribution in [1.82, 2.24) is 16.0 Å². The average Bonchev–Trinajstić information content (AvgIpc) is 2.52. The van der Waals surface area contributed by atoms with Crippen molar-refractivity contribution in [2.24, 2.45) is 11.7 Å². The number of nitrogens with two attached hydrogens (primary N) is 1. The molecule has 26 heavy (non-hydrogen) atoms. The van der Waals surface area contributed by atoms with Crippen LogP contribution < -0.4 is 21.7 Å². The number of amides is 3. The van der Waals surface area contributed by atoms with Gasteiger partial charge in [-0.25, -0.2) is 4.79 Å². The smallest absolute Gasteiger partial charge is 0.326 e. The van der Waals surface area contributed by atoms with E-state index >= 15 is 0 Å². The highest BCUT2D eigenvalue weighted by Crippen LogP contribution is 2.05. The monoisotopic (exact) mass is 374 g/mol. The molecule has 0 spiro atoms. The lowest BCUT2D eigenvalue weighted by Crippen LogP contribution is -2.55. The van der Waals surface area contributed by atoms with Crippen molar-refractivity contribution in [3.05, 3.63) is 0 Å². The lowest BCUT2D eigenvalue weighted by molar-refractivity contribution is -0.147. The molecule has 3 atom stereocenters. The zero-order valence-electron chi connectivity index (χ0n) is 14.9. The number of aliphatic carboxylic acids is 2. The maximum atomic E-state index is 12.3. The zero-order chi connectivity index (χ0) is 20.4. The number of rotatable bonds is 11. The molecule has 0 aromatic carbocycles. The maximum absolute atomic E-state index is 12.3. The van der Waals surface area contributed by atoms with Gasteiger partial charge in [0.25, 0.3) is 0 Å². The van der Waals surface area contributed by atoms with Gasteiger partial charge in [-0.15, -0.1) is 0 Å². The predicted octanol–water partition coefficient (Wildman–Crippen LogP) is -1.98. The van der Waals surface area contributed by atoms with E-state index in [1.54, 1.807) is 0 Å². The van der Waals surface area contributed by atoms with E-state index in [1.165, 1.54) is 6.92 Å². The van der Waals surface area contributed by atoms with Crippen LogP contribution in [0.1, 0.15) is 33.6 Å². The zero-order valence-corrected chi connectivity index (χ0v) is 14.9. The fraction of sp³-hybridized carbons (Fsp3) is 0.667. The van der Waals surface area contributed by atoms with Crippen molar-refractivity contribution in [3.8, 4) is 0 Å². The van der Waals surface area contributed by atoms with Gasteiger partial charge in [-0.05, 0) is 19.3 Å². The van der Waals surface area contributed by atoms with Crippen molar-refractivity contribution >= 4 is 29.7 Å². The predicted molar refractivity (Wildman–Crippen MR) is 89.9 cm³/mol. The van der Waals surface area contributed by atoms with Crippen LogP contribution in [-0.4, -0.2) is 64.5 Å². The van der Waals surface area contributed by atoms with Gasteiger partial charge in [-0.1, -0.05) is 13.8 Å². The maximum Gasteiger partial charge on any atom is 0.326 e. The van der Waals surface area contributed by atoms with Crippen LogP contribution in [0.3, 0.4) is 0 Å². The normalized spacial score (nSPS) is 14.0. The van der Waals surface area contributed by atoms with Gasteiger partial charge >= 0.3 is 11.9 Å². The number of hydrogen-bond donors (Lipinski definition) is 6. The summed E-state index contributed by atoms with van der Waals surface area (Å²) >= 11 is 0. The van der Waals surface area contributed by atoms with Gasteiger partial charge in [0.15, 0.2) is 0 Å². The Kier molecular flexibility index (Phi) is 9.89. The van der Waals surface area contributed by atoms with Crippen LogP contribution >= 0.6 is 0 Å². The van der Waals surface area contributed by atoms with E-state index in [1.807, 2.05) is 19.2 Å². The van der Waals surface area contributed by atoms with Crippen LogP contribution in [0.15, 0.2) is 0 Å². The number of carboxylic acid groups (broad SMARTS) is 2. The number of carbonyl (C=O) groups is 5. The van der Waals surface area contributed by atoms with Crippen molar-refractivity contribution in [2.45, 2.75) is 51.7 Å². The molecule has 0 saturated carbocycles. The van der Waals surface area contributed by atoms with Crippen molar-refractivity contribution in [3.63, 3.8) is 0 Å². The fourth-order valence-electron chi connectivity index (χ4n) is 2.01. The highest BCUT2D eigenvalue weighted by atomic mass is 16.4. The third kappa shape index (κ3) is 8.97. The molecule has 7 N–H and O–H groups in total. The molecule has 0 heterocycles. The van der Waals surface area contributed by atoms with E-state index in [2.05, 4.69) is 10.6 Å². The Labute approximate surface area is 150 Å². The molecule has 3 unspecified atom stereocenters. The van der Waals surface area contributed by atoms with Crippen molar-refractivity contribution in [2.75, 3.05) is 6.54 Å². The summed E-state index contributed by atoms with van der Waals surface area (Å²) < 4.78 is 0. The molecule has 11 nitrogen and oxygen atoms in total. The van der Waals surface area contributed by atoms with Crippen LogP contribution in [0, 0.1) is 5.92 Å². The standard InChI is InChI=1S/C15H26N4O7/c1-7(2)4-9(18-11(20)6-16)14(24)17-8(3)13(23)19-10(15(25)26)5-12(21)22/h7-10H,4-6,16H2,1-3H3,(H,17,24)(H,18,20)(H,19,23)(H,21,22)(H,25,26). The summed E-state index contributed by atoms with van der Waals surface area (Å²) in [5.41, 5.74) is 5.21. The first kappa shape index (κ1) is 23.3. The third-order valence-electron chi connectivity index (χ3n) is 3.29. The molecule has 0 rings (SSSR count). The average molecular weight is 374 g/mol. The highest BCUT2D eigenvalue weighted by molar-refractivity contribution is 5.94. The first-order chi connectivity index (χ1) is 12.0. The van der Waals surface area contributed by atoms with Gasteiger partial charge in [0.2, 0.25) is 17.7 Å². The van der Waals surface area contributed by atoms with Crippen LogP contribution in [0.25, 0.3) is 0 Å². The molecule has 0 aromatic rings. The Balaban J connectivity index is 4.90. The number of carboxylic acids is 2. The summed E-state index contributed by atoms with van der Waals surface area (Å²) in [4.78, 5) is 57.3. The third-order valence-corrected chi connectivity index (χ3v) is 3.29. The van der Waals surface area contributed by atoms with Gasteiger partial charge in [0.05, 0.1) is 13.0 Å². The van der Waals surface area contributed by atoms with Gasteiger partial charge in [0.1, 0.15) is 18.1 Å². The Morgan fingerprint density at radius 1 is 0.885 bits per heavy atom. The van der Waals surface area contributed by atoms with E-state index in [0.717, 1.165) is 0 Å². The van der Waals surface area contributed by atoms with E-state index in [0.29, 0.717) is 6.42 Å². The van der Waals surface area contributed by atoms with E-state index in [9.17, 15) is 24.0 Å². The van der Waals surface area contributed by atoms with Gasteiger partial charge < -0.3 is 31.9 Å². The minimum absolute atomic E-state index is 0.0694. The number of nitrogens with one attached hydrogen (secondary N) is 3. The van der Waals surface area contributed by atoms with Gasteiger partial charge in [-0.3, -0.25) is 19.2 Å². The largest absolute Gasteiger partial charge is 0.481 e.